The van der Waals surface area contributed by atoms with Gasteiger partial charge in [-0.1, -0.05) is 12.1 Å². The predicted octanol–water partition coefficient (Wildman–Crippen LogP) is 2.82. The number of amides is 1. The van der Waals surface area contributed by atoms with Crippen molar-refractivity contribution in [2.24, 2.45) is 7.05 Å². The zero-order valence-corrected chi connectivity index (χ0v) is 15.2. The molecule has 0 atom stereocenters. The van der Waals surface area contributed by atoms with Crippen LogP contribution in [0, 0.1) is 12.7 Å². The summed E-state index contributed by atoms with van der Waals surface area (Å²) in [5.74, 6) is -0.264. The van der Waals surface area contributed by atoms with E-state index in [2.05, 4.69) is 15.4 Å². The molecular formula is C20H16FN5O2. The number of carbonyl (C=O) groups excluding carboxylic acids is 1. The number of halogens is 1. The van der Waals surface area contributed by atoms with E-state index in [1.54, 1.807) is 18.2 Å². The first kappa shape index (κ1) is 17.6. The van der Waals surface area contributed by atoms with Gasteiger partial charge in [-0.25, -0.2) is 9.37 Å². The van der Waals surface area contributed by atoms with E-state index in [0.29, 0.717) is 5.69 Å². The van der Waals surface area contributed by atoms with Crippen molar-refractivity contribution in [3.8, 4) is 5.69 Å². The summed E-state index contributed by atoms with van der Waals surface area (Å²) in [6, 6.07) is 13.6. The number of nitrogens with zero attached hydrogens (tertiary/aromatic N) is 4. The zero-order chi connectivity index (χ0) is 19.8. The van der Waals surface area contributed by atoms with Gasteiger partial charge in [0, 0.05) is 18.8 Å². The molecule has 140 valence electrons. The van der Waals surface area contributed by atoms with Crippen LogP contribution in [0.5, 0.6) is 0 Å². The molecule has 8 heteroatoms. The number of aryl methyl sites for hydroxylation is 2. The van der Waals surface area contributed by atoms with Crippen LogP contribution in [0.4, 0.5) is 10.1 Å². The smallest absolute Gasteiger partial charge is 0.276 e. The Hall–Kier alpha value is -3.81. The SMILES string of the molecule is Cc1nc2cc(NC(=O)c3ccc(=O)n(-c4ccccc4F)n3)ccc2n1C. The average Bonchev–Trinajstić information content (AvgIpc) is 2.96. The molecular weight excluding hydrogens is 361 g/mol. The maximum Gasteiger partial charge on any atom is 0.276 e. The van der Waals surface area contributed by atoms with Gasteiger partial charge in [-0.2, -0.15) is 9.78 Å². The highest BCUT2D eigenvalue weighted by Crippen LogP contribution is 2.19. The Morgan fingerprint density at radius 3 is 2.68 bits per heavy atom. The van der Waals surface area contributed by atoms with Crippen molar-refractivity contribution in [1.29, 1.82) is 0 Å². The van der Waals surface area contributed by atoms with Crippen molar-refractivity contribution in [1.82, 2.24) is 19.3 Å². The van der Waals surface area contributed by atoms with Gasteiger partial charge >= 0.3 is 0 Å². The Morgan fingerprint density at radius 2 is 1.89 bits per heavy atom. The van der Waals surface area contributed by atoms with Crippen molar-refractivity contribution in [3.63, 3.8) is 0 Å². The van der Waals surface area contributed by atoms with Gasteiger partial charge in [0.2, 0.25) is 0 Å². The minimum atomic E-state index is -0.606. The lowest BCUT2D eigenvalue weighted by Crippen LogP contribution is -2.25. The number of imidazole rings is 1. The Kier molecular flexibility index (Phi) is 4.23. The highest BCUT2D eigenvalue weighted by atomic mass is 19.1. The molecule has 0 radical (unpaired) electrons. The van der Waals surface area contributed by atoms with E-state index in [9.17, 15) is 14.0 Å². The van der Waals surface area contributed by atoms with Gasteiger partial charge in [0.25, 0.3) is 11.5 Å². The summed E-state index contributed by atoms with van der Waals surface area (Å²) in [4.78, 5) is 29.1. The number of rotatable bonds is 3. The van der Waals surface area contributed by atoms with Gasteiger partial charge in [-0.3, -0.25) is 9.59 Å². The molecule has 0 aliphatic heterocycles. The zero-order valence-electron chi connectivity index (χ0n) is 15.2. The summed E-state index contributed by atoms with van der Waals surface area (Å²) in [6.07, 6.45) is 0. The third kappa shape index (κ3) is 3.05. The van der Waals surface area contributed by atoms with Crippen LogP contribution in [-0.2, 0) is 7.05 Å². The topological polar surface area (TPSA) is 81.8 Å². The van der Waals surface area contributed by atoms with Gasteiger partial charge in [0.1, 0.15) is 23.0 Å². The third-order valence-corrected chi connectivity index (χ3v) is 4.48. The molecule has 0 saturated heterocycles. The number of hydrogen-bond donors (Lipinski definition) is 1. The lowest BCUT2D eigenvalue weighted by molar-refractivity contribution is 0.102. The van der Waals surface area contributed by atoms with E-state index < -0.39 is 17.3 Å². The molecule has 2 aromatic carbocycles. The number of hydrogen-bond acceptors (Lipinski definition) is 4. The van der Waals surface area contributed by atoms with E-state index in [-0.39, 0.29) is 11.4 Å². The average molecular weight is 377 g/mol. The van der Waals surface area contributed by atoms with Crippen LogP contribution in [0.3, 0.4) is 0 Å². The van der Waals surface area contributed by atoms with Gasteiger partial charge in [0.15, 0.2) is 0 Å². The van der Waals surface area contributed by atoms with Crippen LogP contribution in [0.25, 0.3) is 16.7 Å². The first-order valence-electron chi connectivity index (χ1n) is 8.54. The number of fused-ring (bicyclic) bond motifs is 1. The van der Waals surface area contributed by atoms with Crippen LogP contribution in [0.1, 0.15) is 16.3 Å². The van der Waals surface area contributed by atoms with Crippen molar-refractivity contribution >= 4 is 22.6 Å². The maximum absolute atomic E-state index is 14.0. The lowest BCUT2D eigenvalue weighted by Gasteiger charge is -2.08. The second-order valence-electron chi connectivity index (χ2n) is 6.30. The highest BCUT2D eigenvalue weighted by Gasteiger charge is 2.14. The third-order valence-electron chi connectivity index (χ3n) is 4.48. The minimum absolute atomic E-state index is 0.0137. The normalized spacial score (nSPS) is 11.0. The fourth-order valence-corrected chi connectivity index (χ4v) is 2.92. The number of nitrogens with one attached hydrogen (secondary N) is 1. The van der Waals surface area contributed by atoms with Crippen LogP contribution >= 0.6 is 0 Å². The van der Waals surface area contributed by atoms with Crippen molar-refractivity contribution in [2.45, 2.75) is 6.92 Å². The Morgan fingerprint density at radius 1 is 1.11 bits per heavy atom. The number of benzene rings is 2. The fraction of sp³-hybridized carbons (Fsp3) is 0.100. The van der Waals surface area contributed by atoms with Gasteiger partial charge < -0.3 is 9.88 Å². The molecule has 1 N–H and O–H groups in total. The molecule has 0 saturated carbocycles. The van der Waals surface area contributed by atoms with Crippen molar-refractivity contribution in [2.75, 3.05) is 5.32 Å². The van der Waals surface area contributed by atoms with E-state index in [4.69, 9.17) is 0 Å². The number of anilines is 1. The number of aromatic nitrogens is 4. The summed E-state index contributed by atoms with van der Waals surface area (Å²) in [6.45, 7) is 1.90. The molecule has 0 aliphatic rings. The number of para-hydroxylation sites is 1. The molecule has 0 fully saturated rings. The van der Waals surface area contributed by atoms with Gasteiger partial charge in [-0.15, -0.1) is 0 Å². The molecule has 7 nitrogen and oxygen atoms in total. The quantitative estimate of drug-likeness (QED) is 0.595. The summed E-state index contributed by atoms with van der Waals surface area (Å²) in [5, 5.41) is 6.74. The van der Waals surface area contributed by atoms with Crippen LogP contribution in [-0.4, -0.2) is 25.2 Å². The predicted molar refractivity (Wildman–Crippen MR) is 103 cm³/mol. The van der Waals surface area contributed by atoms with Crippen molar-refractivity contribution < 1.29 is 9.18 Å². The van der Waals surface area contributed by atoms with E-state index in [0.717, 1.165) is 21.5 Å². The van der Waals surface area contributed by atoms with Crippen LogP contribution in [0.15, 0.2) is 59.4 Å². The first-order chi connectivity index (χ1) is 13.4. The summed E-state index contributed by atoms with van der Waals surface area (Å²) in [5.41, 5.74) is 1.67. The molecule has 4 rings (SSSR count). The molecule has 0 spiro atoms. The van der Waals surface area contributed by atoms with Crippen molar-refractivity contribution in [3.05, 3.63) is 82.3 Å². The number of carbonyl (C=O) groups is 1. The van der Waals surface area contributed by atoms with E-state index in [1.807, 2.05) is 24.6 Å². The highest BCUT2D eigenvalue weighted by molar-refractivity contribution is 6.03. The fourth-order valence-electron chi connectivity index (χ4n) is 2.92. The standard InChI is InChI=1S/C20H16FN5O2/c1-12-22-16-11-13(7-9-18(16)25(12)2)23-20(28)15-8-10-19(27)26(24-15)17-6-4-3-5-14(17)21/h3-11H,1-2H3,(H,23,28). The first-order valence-corrected chi connectivity index (χ1v) is 8.54. The molecule has 0 aliphatic carbocycles. The molecule has 0 bridgehead atoms. The molecule has 1 amide bonds. The Balaban J connectivity index is 1.66. The largest absolute Gasteiger partial charge is 0.331 e. The van der Waals surface area contributed by atoms with Gasteiger partial charge in [-0.05, 0) is 43.3 Å². The van der Waals surface area contributed by atoms with E-state index >= 15 is 0 Å². The second-order valence-corrected chi connectivity index (χ2v) is 6.30. The van der Waals surface area contributed by atoms with Gasteiger partial charge in [0.05, 0.1) is 11.0 Å². The molecule has 28 heavy (non-hydrogen) atoms. The Bertz CT molecular complexity index is 1280. The maximum atomic E-state index is 14.0. The molecule has 4 aromatic rings. The Labute approximate surface area is 159 Å². The minimum Gasteiger partial charge on any atom is -0.331 e. The second kappa shape index (κ2) is 6.73. The lowest BCUT2D eigenvalue weighted by atomic mass is 10.2. The van der Waals surface area contributed by atoms with Crippen LogP contribution < -0.4 is 10.9 Å². The van der Waals surface area contributed by atoms with Crippen LogP contribution in [0.2, 0.25) is 0 Å². The van der Waals surface area contributed by atoms with E-state index in [1.165, 1.54) is 30.3 Å². The summed E-state index contributed by atoms with van der Waals surface area (Å²) in [7, 11) is 1.92. The monoisotopic (exact) mass is 377 g/mol. The molecule has 2 aromatic heterocycles. The summed E-state index contributed by atoms with van der Waals surface area (Å²) >= 11 is 0. The summed E-state index contributed by atoms with van der Waals surface area (Å²) < 4.78 is 16.8. The molecule has 2 heterocycles. The molecule has 0 unspecified atom stereocenters.